The molecule has 0 saturated carbocycles. The summed E-state index contributed by atoms with van der Waals surface area (Å²) in [5.41, 5.74) is 2.75. The fourth-order valence-electron chi connectivity index (χ4n) is 1.80. The van der Waals surface area contributed by atoms with E-state index in [2.05, 4.69) is 15.9 Å². The first-order valence-corrected chi connectivity index (χ1v) is 6.44. The fraction of sp³-hybridized carbons (Fsp3) is 0.143. The topological polar surface area (TPSA) is 20.2 Å². The van der Waals surface area contributed by atoms with E-state index in [0.29, 0.717) is 5.02 Å². The van der Waals surface area contributed by atoms with Crippen molar-refractivity contribution < 1.29 is 5.11 Å². The maximum absolute atomic E-state index is 10.3. The molecule has 2 aromatic rings. The monoisotopic (exact) mass is 310 g/mol. The average Bonchev–Trinajstić information content (AvgIpc) is 2.28. The van der Waals surface area contributed by atoms with E-state index in [0.717, 1.165) is 21.2 Å². The second-order valence-corrected chi connectivity index (χ2v) is 5.31. The highest BCUT2D eigenvalue weighted by Crippen LogP contribution is 2.28. The number of aliphatic hydroxyl groups is 1. The van der Waals surface area contributed by atoms with Crippen LogP contribution in [-0.2, 0) is 0 Å². The third kappa shape index (κ3) is 2.89. The molecule has 2 rings (SSSR count). The van der Waals surface area contributed by atoms with Gasteiger partial charge in [-0.2, -0.15) is 0 Å². The van der Waals surface area contributed by atoms with E-state index in [4.69, 9.17) is 11.6 Å². The van der Waals surface area contributed by atoms with Crippen molar-refractivity contribution in [2.45, 2.75) is 13.0 Å². The Morgan fingerprint density at radius 3 is 2.59 bits per heavy atom. The Kier molecular flexibility index (Phi) is 3.87. The molecule has 1 nitrogen and oxygen atoms in total. The molecule has 0 aromatic heterocycles. The van der Waals surface area contributed by atoms with Crippen molar-refractivity contribution in [3.8, 4) is 0 Å². The van der Waals surface area contributed by atoms with Gasteiger partial charge in [-0.25, -0.2) is 0 Å². The highest BCUT2D eigenvalue weighted by Gasteiger charge is 2.13. The normalized spacial score (nSPS) is 12.5. The highest BCUT2D eigenvalue weighted by atomic mass is 79.9. The molecule has 3 heteroatoms. The Hall–Kier alpha value is -0.830. The molecule has 0 aliphatic heterocycles. The minimum Gasteiger partial charge on any atom is -0.384 e. The van der Waals surface area contributed by atoms with Crippen LogP contribution < -0.4 is 0 Å². The third-order valence-electron chi connectivity index (χ3n) is 2.69. The number of halogens is 2. The minimum atomic E-state index is -0.637. The van der Waals surface area contributed by atoms with E-state index in [1.807, 2.05) is 37.3 Å². The van der Waals surface area contributed by atoms with Gasteiger partial charge in [0.05, 0.1) is 0 Å². The molecule has 0 heterocycles. The van der Waals surface area contributed by atoms with Crippen LogP contribution in [0.25, 0.3) is 0 Å². The summed E-state index contributed by atoms with van der Waals surface area (Å²) in [4.78, 5) is 0. The molecular weight excluding hydrogens is 300 g/mol. The Morgan fingerprint density at radius 2 is 1.94 bits per heavy atom. The number of hydrogen-bond acceptors (Lipinski definition) is 1. The van der Waals surface area contributed by atoms with E-state index < -0.39 is 6.10 Å². The van der Waals surface area contributed by atoms with Crippen LogP contribution in [0.5, 0.6) is 0 Å². The summed E-state index contributed by atoms with van der Waals surface area (Å²) in [6.45, 7) is 1.98. The van der Waals surface area contributed by atoms with Crippen molar-refractivity contribution in [3.63, 3.8) is 0 Å². The predicted molar refractivity (Wildman–Crippen MR) is 74.4 cm³/mol. The molecule has 0 radical (unpaired) electrons. The summed E-state index contributed by atoms with van der Waals surface area (Å²) in [7, 11) is 0. The lowest BCUT2D eigenvalue weighted by molar-refractivity contribution is 0.219. The zero-order valence-corrected chi connectivity index (χ0v) is 11.7. The predicted octanol–water partition coefficient (Wildman–Crippen LogP) is 4.49. The molecule has 1 unspecified atom stereocenters. The van der Waals surface area contributed by atoms with Crippen LogP contribution in [0.15, 0.2) is 46.9 Å². The third-order valence-corrected chi connectivity index (χ3v) is 3.42. The number of hydrogen-bond donors (Lipinski definition) is 1. The summed E-state index contributed by atoms with van der Waals surface area (Å²) in [6.07, 6.45) is -0.637. The van der Waals surface area contributed by atoms with Crippen LogP contribution in [0, 0.1) is 6.92 Å². The van der Waals surface area contributed by atoms with Crippen molar-refractivity contribution >= 4 is 27.5 Å². The van der Waals surface area contributed by atoms with Crippen LogP contribution in [0.4, 0.5) is 0 Å². The van der Waals surface area contributed by atoms with Crippen LogP contribution >= 0.6 is 27.5 Å². The lowest BCUT2D eigenvalue weighted by atomic mass is 9.98. The smallest absolute Gasteiger partial charge is 0.104 e. The standard InChI is InChI=1S/C14H12BrClO/c1-9-7-11(15)5-6-13(9)14(17)10-3-2-4-12(16)8-10/h2-8,14,17H,1H3. The summed E-state index contributed by atoms with van der Waals surface area (Å²) < 4.78 is 1.01. The molecule has 0 spiro atoms. The molecule has 17 heavy (non-hydrogen) atoms. The van der Waals surface area contributed by atoms with Crippen LogP contribution in [0.2, 0.25) is 5.02 Å². The Bertz CT molecular complexity index is 539. The van der Waals surface area contributed by atoms with Gasteiger partial charge in [0.25, 0.3) is 0 Å². The first kappa shape index (κ1) is 12.6. The van der Waals surface area contributed by atoms with Crippen LogP contribution in [-0.4, -0.2) is 5.11 Å². The molecule has 0 aliphatic rings. The molecule has 0 amide bonds. The second-order valence-electron chi connectivity index (χ2n) is 3.96. The van der Waals surface area contributed by atoms with Gasteiger partial charge in [0.1, 0.15) is 6.10 Å². The van der Waals surface area contributed by atoms with Gasteiger partial charge in [0, 0.05) is 9.50 Å². The molecule has 0 fully saturated rings. The first-order valence-electron chi connectivity index (χ1n) is 5.27. The summed E-state index contributed by atoms with van der Waals surface area (Å²) in [6, 6.07) is 13.1. The largest absolute Gasteiger partial charge is 0.384 e. The molecule has 0 aliphatic carbocycles. The summed E-state index contributed by atoms with van der Waals surface area (Å²) in [5, 5.41) is 10.9. The number of aliphatic hydroxyl groups excluding tert-OH is 1. The molecule has 1 N–H and O–H groups in total. The SMILES string of the molecule is Cc1cc(Br)ccc1C(O)c1cccc(Cl)c1. The summed E-state index contributed by atoms with van der Waals surface area (Å²) >= 11 is 9.33. The maximum atomic E-state index is 10.3. The first-order chi connectivity index (χ1) is 8.08. The van der Waals surface area contributed by atoms with Gasteiger partial charge in [-0.1, -0.05) is 45.7 Å². The van der Waals surface area contributed by atoms with E-state index in [-0.39, 0.29) is 0 Å². The lowest BCUT2D eigenvalue weighted by Gasteiger charge is -2.14. The molecule has 2 aromatic carbocycles. The molecule has 0 saturated heterocycles. The van der Waals surface area contributed by atoms with Gasteiger partial charge in [0.15, 0.2) is 0 Å². The maximum Gasteiger partial charge on any atom is 0.104 e. The van der Waals surface area contributed by atoms with Gasteiger partial charge in [0.2, 0.25) is 0 Å². The van der Waals surface area contributed by atoms with Crippen molar-refractivity contribution in [2.75, 3.05) is 0 Å². The lowest BCUT2D eigenvalue weighted by Crippen LogP contribution is -2.01. The fourth-order valence-corrected chi connectivity index (χ4v) is 2.48. The quantitative estimate of drug-likeness (QED) is 0.866. The van der Waals surface area contributed by atoms with E-state index >= 15 is 0 Å². The van der Waals surface area contributed by atoms with Crippen LogP contribution in [0.1, 0.15) is 22.8 Å². The zero-order valence-electron chi connectivity index (χ0n) is 9.32. The second kappa shape index (κ2) is 5.21. The van der Waals surface area contributed by atoms with Gasteiger partial charge >= 0.3 is 0 Å². The molecule has 1 atom stereocenters. The Labute approximate surface area is 114 Å². The number of benzene rings is 2. The number of rotatable bonds is 2. The Morgan fingerprint density at radius 1 is 1.18 bits per heavy atom. The van der Waals surface area contributed by atoms with E-state index in [9.17, 15) is 5.11 Å². The number of aryl methyl sites for hydroxylation is 1. The van der Waals surface area contributed by atoms with Gasteiger partial charge in [-0.3, -0.25) is 0 Å². The Balaban J connectivity index is 2.40. The van der Waals surface area contributed by atoms with Crippen molar-refractivity contribution in [2.24, 2.45) is 0 Å². The van der Waals surface area contributed by atoms with E-state index in [1.54, 1.807) is 12.1 Å². The van der Waals surface area contributed by atoms with Gasteiger partial charge < -0.3 is 5.11 Å². The van der Waals surface area contributed by atoms with E-state index in [1.165, 1.54) is 0 Å². The van der Waals surface area contributed by atoms with Crippen molar-refractivity contribution in [1.29, 1.82) is 0 Å². The summed E-state index contributed by atoms with van der Waals surface area (Å²) in [5.74, 6) is 0. The molecule has 0 bridgehead atoms. The van der Waals surface area contributed by atoms with Gasteiger partial charge in [-0.05, 0) is 47.9 Å². The van der Waals surface area contributed by atoms with Gasteiger partial charge in [-0.15, -0.1) is 0 Å². The molecule has 88 valence electrons. The van der Waals surface area contributed by atoms with Crippen molar-refractivity contribution in [3.05, 3.63) is 68.7 Å². The van der Waals surface area contributed by atoms with Crippen LogP contribution in [0.3, 0.4) is 0 Å². The highest BCUT2D eigenvalue weighted by molar-refractivity contribution is 9.10. The average molecular weight is 312 g/mol. The molecular formula is C14H12BrClO. The minimum absolute atomic E-state index is 0.635. The zero-order chi connectivity index (χ0) is 12.4. The van der Waals surface area contributed by atoms with Crippen molar-refractivity contribution in [1.82, 2.24) is 0 Å².